The first-order chi connectivity index (χ1) is 9.06. The Kier molecular flexibility index (Phi) is 4.35. The van der Waals surface area contributed by atoms with Gasteiger partial charge in [0.05, 0.1) is 5.02 Å². The Hall–Kier alpha value is -1.65. The number of hydrogen-bond donors (Lipinski definition) is 1. The van der Waals surface area contributed by atoms with Gasteiger partial charge in [0.15, 0.2) is 0 Å². The molecule has 1 amide bonds. The number of amides is 1. The van der Waals surface area contributed by atoms with Crippen LogP contribution in [0.5, 0.6) is 0 Å². The van der Waals surface area contributed by atoms with Crippen molar-refractivity contribution in [1.29, 1.82) is 0 Å². The highest BCUT2D eigenvalue weighted by atomic mass is 35.5. The highest BCUT2D eigenvalue weighted by molar-refractivity contribution is 6.30. The summed E-state index contributed by atoms with van der Waals surface area (Å²) in [4.78, 5) is 15.6. The minimum atomic E-state index is -0.488. The van der Waals surface area contributed by atoms with Crippen LogP contribution in [0.25, 0.3) is 0 Å². The summed E-state index contributed by atoms with van der Waals surface area (Å²) in [6.07, 6.45) is 1.45. The van der Waals surface area contributed by atoms with Gasteiger partial charge in [-0.25, -0.2) is 9.37 Å². The van der Waals surface area contributed by atoms with Crippen molar-refractivity contribution in [3.05, 3.63) is 63.6 Å². The molecule has 0 radical (unpaired) electrons. The zero-order valence-electron chi connectivity index (χ0n) is 9.66. The number of hydrogen-bond acceptors (Lipinski definition) is 2. The molecular weight excluding hydrogens is 290 g/mol. The number of rotatable bonds is 3. The van der Waals surface area contributed by atoms with Gasteiger partial charge in [0.1, 0.15) is 11.0 Å². The highest BCUT2D eigenvalue weighted by Gasteiger charge is 2.07. The molecule has 0 saturated carbocycles. The van der Waals surface area contributed by atoms with Crippen molar-refractivity contribution in [1.82, 2.24) is 10.3 Å². The summed E-state index contributed by atoms with van der Waals surface area (Å²) in [6.45, 7) is 0.249. The number of nitrogens with zero attached hydrogens (tertiary/aromatic N) is 1. The molecule has 98 valence electrons. The Labute approximate surface area is 119 Å². The smallest absolute Gasteiger partial charge is 0.251 e. The molecule has 0 saturated heterocycles. The summed E-state index contributed by atoms with van der Waals surface area (Å²) >= 11 is 11.3. The molecule has 1 aromatic heterocycles. The molecule has 1 heterocycles. The molecule has 0 aliphatic heterocycles. The van der Waals surface area contributed by atoms with Gasteiger partial charge in [-0.05, 0) is 29.8 Å². The van der Waals surface area contributed by atoms with Crippen LogP contribution in [0.15, 0.2) is 36.5 Å². The monoisotopic (exact) mass is 298 g/mol. The molecule has 0 unspecified atom stereocenters. The Morgan fingerprint density at radius 3 is 2.74 bits per heavy atom. The van der Waals surface area contributed by atoms with Crippen LogP contribution in [0.1, 0.15) is 15.9 Å². The first-order valence-corrected chi connectivity index (χ1v) is 6.15. The third kappa shape index (κ3) is 3.66. The average molecular weight is 299 g/mol. The molecule has 2 rings (SSSR count). The summed E-state index contributed by atoms with van der Waals surface area (Å²) in [5.41, 5.74) is 1.12. The van der Waals surface area contributed by atoms with E-state index in [4.69, 9.17) is 23.2 Å². The molecule has 6 heteroatoms. The molecule has 0 spiro atoms. The second-order valence-corrected chi connectivity index (χ2v) is 4.59. The van der Waals surface area contributed by atoms with Crippen molar-refractivity contribution >= 4 is 29.1 Å². The minimum absolute atomic E-state index is 0.0266. The maximum absolute atomic E-state index is 13.0. The van der Waals surface area contributed by atoms with Crippen molar-refractivity contribution in [2.75, 3.05) is 0 Å². The summed E-state index contributed by atoms with van der Waals surface area (Å²) < 4.78 is 13.0. The number of aromatic nitrogens is 1. The quantitative estimate of drug-likeness (QED) is 0.882. The third-order valence-electron chi connectivity index (χ3n) is 2.43. The molecule has 2 aromatic rings. The number of nitrogens with one attached hydrogen (secondary N) is 1. The number of pyridine rings is 1. The fourth-order valence-corrected chi connectivity index (χ4v) is 1.85. The van der Waals surface area contributed by atoms with E-state index in [-0.39, 0.29) is 22.6 Å². The van der Waals surface area contributed by atoms with Gasteiger partial charge >= 0.3 is 0 Å². The highest BCUT2D eigenvalue weighted by Crippen LogP contribution is 2.16. The fourth-order valence-electron chi connectivity index (χ4n) is 1.48. The van der Waals surface area contributed by atoms with E-state index >= 15 is 0 Å². The Morgan fingerprint density at radius 1 is 1.26 bits per heavy atom. The van der Waals surface area contributed by atoms with E-state index in [9.17, 15) is 9.18 Å². The maximum Gasteiger partial charge on any atom is 0.251 e. The Morgan fingerprint density at radius 2 is 2.05 bits per heavy atom. The van der Waals surface area contributed by atoms with Gasteiger partial charge in [0, 0.05) is 18.3 Å². The average Bonchev–Trinajstić information content (AvgIpc) is 2.40. The summed E-state index contributed by atoms with van der Waals surface area (Å²) in [5.74, 6) is -0.776. The van der Waals surface area contributed by atoms with Crippen LogP contribution in [-0.2, 0) is 6.54 Å². The molecule has 3 nitrogen and oxygen atoms in total. The molecule has 1 aromatic carbocycles. The summed E-state index contributed by atoms with van der Waals surface area (Å²) in [5, 5.41) is 2.96. The fraction of sp³-hybridized carbons (Fsp3) is 0.0769. The van der Waals surface area contributed by atoms with Crippen LogP contribution in [-0.4, -0.2) is 10.9 Å². The Balaban J connectivity index is 2.02. The number of benzene rings is 1. The van der Waals surface area contributed by atoms with Gasteiger partial charge in [-0.1, -0.05) is 29.3 Å². The SMILES string of the molecule is O=C(NCc1ccc(F)c(Cl)c1)c1ccnc(Cl)c1. The van der Waals surface area contributed by atoms with Gasteiger partial charge in [-0.15, -0.1) is 0 Å². The van der Waals surface area contributed by atoms with Crippen LogP contribution in [0.4, 0.5) is 4.39 Å². The van der Waals surface area contributed by atoms with Crippen LogP contribution in [0, 0.1) is 5.82 Å². The second-order valence-electron chi connectivity index (χ2n) is 3.80. The van der Waals surface area contributed by atoms with E-state index < -0.39 is 5.82 Å². The van der Waals surface area contributed by atoms with E-state index in [0.29, 0.717) is 11.1 Å². The van der Waals surface area contributed by atoms with Gasteiger partial charge in [-0.3, -0.25) is 4.79 Å². The van der Waals surface area contributed by atoms with Crippen molar-refractivity contribution in [2.24, 2.45) is 0 Å². The predicted octanol–water partition coefficient (Wildman–Crippen LogP) is 3.46. The first-order valence-electron chi connectivity index (χ1n) is 5.40. The number of halogens is 3. The van der Waals surface area contributed by atoms with Crippen molar-refractivity contribution < 1.29 is 9.18 Å². The van der Waals surface area contributed by atoms with E-state index in [2.05, 4.69) is 10.3 Å². The summed E-state index contributed by atoms with van der Waals surface area (Å²) in [6, 6.07) is 7.30. The number of carbonyl (C=O) groups is 1. The van der Waals surface area contributed by atoms with Gasteiger partial charge in [0.2, 0.25) is 0 Å². The van der Waals surface area contributed by atoms with Crippen molar-refractivity contribution in [3.63, 3.8) is 0 Å². The van der Waals surface area contributed by atoms with E-state index in [0.717, 1.165) is 0 Å². The lowest BCUT2D eigenvalue weighted by Crippen LogP contribution is -2.22. The van der Waals surface area contributed by atoms with Crippen LogP contribution < -0.4 is 5.32 Å². The van der Waals surface area contributed by atoms with Crippen molar-refractivity contribution in [2.45, 2.75) is 6.54 Å². The topological polar surface area (TPSA) is 42.0 Å². The van der Waals surface area contributed by atoms with Crippen LogP contribution in [0.2, 0.25) is 10.2 Å². The van der Waals surface area contributed by atoms with Crippen molar-refractivity contribution in [3.8, 4) is 0 Å². The van der Waals surface area contributed by atoms with E-state index in [1.807, 2.05) is 0 Å². The number of carbonyl (C=O) groups excluding carboxylic acids is 1. The molecule has 0 atom stereocenters. The normalized spacial score (nSPS) is 10.3. The van der Waals surface area contributed by atoms with E-state index in [1.165, 1.54) is 24.4 Å². The maximum atomic E-state index is 13.0. The lowest BCUT2D eigenvalue weighted by Gasteiger charge is -2.06. The predicted molar refractivity (Wildman–Crippen MR) is 71.8 cm³/mol. The lowest BCUT2D eigenvalue weighted by atomic mass is 10.2. The molecule has 0 bridgehead atoms. The third-order valence-corrected chi connectivity index (χ3v) is 2.92. The molecule has 0 aliphatic carbocycles. The lowest BCUT2D eigenvalue weighted by molar-refractivity contribution is 0.0951. The second kappa shape index (κ2) is 5.99. The summed E-state index contributed by atoms with van der Waals surface area (Å²) in [7, 11) is 0. The van der Waals surface area contributed by atoms with Crippen LogP contribution in [0.3, 0.4) is 0 Å². The largest absolute Gasteiger partial charge is 0.348 e. The molecule has 0 fully saturated rings. The molecule has 19 heavy (non-hydrogen) atoms. The zero-order chi connectivity index (χ0) is 13.8. The van der Waals surface area contributed by atoms with E-state index in [1.54, 1.807) is 12.1 Å². The van der Waals surface area contributed by atoms with Gasteiger partial charge in [-0.2, -0.15) is 0 Å². The molecule has 1 N–H and O–H groups in total. The molecular formula is C13H9Cl2FN2O. The van der Waals surface area contributed by atoms with Gasteiger partial charge in [0.25, 0.3) is 5.91 Å². The molecule has 0 aliphatic rings. The van der Waals surface area contributed by atoms with Crippen LogP contribution >= 0.6 is 23.2 Å². The van der Waals surface area contributed by atoms with Gasteiger partial charge < -0.3 is 5.32 Å². The minimum Gasteiger partial charge on any atom is -0.348 e. The first kappa shape index (κ1) is 13.8. The standard InChI is InChI=1S/C13H9Cl2FN2O/c14-10-5-8(1-2-11(10)16)7-18-13(19)9-3-4-17-12(15)6-9/h1-6H,7H2,(H,18,19). The Bertz CT molecular complexity index is 619. The zero-order valence-corrected chi connectivity index (χ0v) is 11.2.